The zero-order valence-corrected chi connectivity index (χ0v) is 8.22. The van der Waals surface area contributed by atoms with Crippen molar-refractivity contribution in [1.29, 1.82) is 0 Å². The lowest BCUT2D eigenvalue weighted by atomic mass is 9.78. The first-order valence-electron chi connectivity index (χ1n) is 5.80. The number of ether oxygens (including phenoxy) is 1. The fraction of sp³-hybridized carbons (Fsp3) is 1.00. The summed E-state index contributed by atoms with van der Waals surface area (Å²) in [5, 5.41) is 3.75. The lowest BCUT2D eigenvalue weighted by molar-refractivity contribution is -0.180. The van der Waals surface area contributed by atoms with Crippen LogP contribution in [0.2, 0.25) is 0 Å². The summed E-state index contributed by atoms with van der Waals surface area (Å²) in [6.45, 7) is 1.03. The normalized spacial score (nSPS) is 42.5. The van der Waals surface area contributed by atoms with Crippen LogP contribution in [0, 0.1) is 5.92 Å². The fourth-order valence-electron chi connectivity index (χ4n) is 3.03. The zero-order chi connectivity index (χ0) is 8.73. The molecule has 2 saturated carbocycles. The van der Waals surface area contributed by atoms with Crippen LogP contribution in [0.3, 0.4) is 0 Å². The van der Waals surface area contributed by atoms with Crippen LogP contribution in [0.15, 0.2) is 0 Å². The number of nitrogens with one attached hydrogen (secondary N) is 1. The molecule has 13 heavy (non-hydrogen) atoms. The number of hydrogen-bond donors (Lipinski definition) is 1. The van der Waals surface area contributed by atoms with E-state index in [2.05, 4.69) is 5.32 Å². The van der Waals surface area contributed by atoms with Crippen molar-refractivity contribution in [2.24, 2.45) is 5.92 Å². The van der Waals surface area contributed by atoms with Crippen LogP contribution in [0.5, 0.6) is 0 Å². The largest absolute Gasteiger partial charge is 0.360 e. The minimum atomic E-state index is 0.137. The summed E-state index contributed by atoms with van der Waals surface area (Å²) in [5.74, 6) is 0.819. The highest BCUT2D eigenvalue weighted by Crippen LogP contribution is 2.40. The Kier molecular flexibility index (Phi) is 1.88. The maximum Gasteiger partial charge on any atom is 0.119 e. The minimum absolute atomic E-state index is 0.137. The maximum absolute atomic E-state index is 5.96. The molecule has 2 nitrogen and oxygen atoms in total. The van der Waals surface area contributed by atoms with Crippen LogP contribution in [-0.4, -0.2) is 18.4 Å². The van der Waals surface area contributed by atoms with E-state index in [1.54, 1.807) is 0 Å². The molecule has 74 valence electrons. The summed E-state index contributed by atoms with van der Waals surface area (Å²) in [4.78, 5) is 0. The lowest BCUT2D eigenvalue weighted by Gasteiger charge is -2.52. The van der Waals surface area contributed by atoms with Gasteiger partial charge in [-0.2, -0.15) is 0 Å². The van der Waals surface area contributed by atoms with Crippen LogP contribution in [-0.2, 0) is 4.74 Å². The smallest absolute Gasteiger partial charge is 0.119 e. The molecule has 1 heterocycles. The molecule has 1 saturated heterocycles. The Morgan fingerprint density at radius 1 is 1.08 bits per heavy atom. The van der Waals surface area contributed by atoms with E-state index in [4.69, 9.17) is 4.74 Å². The molecule has 3 aliphatic rings. The van der Waals surface area contributed by atoms with E-state index in [1.807, 2.05) is 0 Å². The molecular weight excluding hydrogens is 162 g/mol. The van der Waals surface area contributed by atoms with E-state index in [0.29, 0.717) is 0 Å². The maximum atomic E-state index is 5.96. The van der Waals surface area contributed by atoms with Crippen LogP contribution >= 0.6 is 0 Å². The third kappa shape index (κ3) is 1.31. The van der Waals surface area contributed by atoms with Crippen LogP contribution < -0.4 is 5.32 Å². The average molecular weight is 181 g/mol. The van der Waals surface area contributed by atoms with Crippen molar-refractivity contribution in [2.45, 2.75) is 56.7 Å². The van der Waals surface area contributed by atoms with E-state index in [1.165, 1.54) is 44.9 Å². The zero-order valence-electron chi connectivity index (χ0n) is 8.22. The molecule has 1 aliphatic heterocycles. The van der Waals surface area contributed by atoms with Gasteiger partial charge >= 0.3 is 0 Å². The molecule has 0 aromatic carbocycles. The minimum Gasteiger partial charge on any atom is -0.360 e. The first kappa shape index (κ1) is 8.25. The van der Waals surface area contributed by atoms with Crippen molar-refractivity contribution in [1.82, 2.24) is 5.32 Å². The van der Waals surface area contributed by atoms with Gasteiger partial charge in [0.2, 0.25) is 0 Å². The van der Waals surface area contributed by atoms with Gasteiger partial charge in [0.15, 0.2) is 0 Å². The van der Waals surface area contributed by atoms with Crippen molar-refractivity contribution < 1.29 is 4.74 Å². The Bertz CT molecular complexity index is 200. The van der Waals surface area contributed by atoms with Gasteiger partial charge in [-0.1, -0.05) is 12.8 Å². The molecule has 3 rings (SSSR count). The Morgan fingerprint density at radius 3 is 2.69 bits per heavy atom. The molecule has 2 aliphatic carbocycles. The summed E-state index contributed by atoms with van der Waals surface area (Å²) in [7, 11) is 0. The number of hydrogen-bond acceptors (Lipinski definition) is 2. The highest BCUT2D eigenvalue weighted by atomic mass is 16.5. The second-order valence-electron chi connectivity index (χ2n) is 4.95. The van der Waals surface area contributed by atoms with Gasteiger partial charge < -0.3 is 4.74 Å². The standard InChI is InChI=1S/C11H19NO/c1-2-5-10-9(4-1)8-13-11(12-10)6-3-7-11/h9-10,12H,1-8H2. The van der Waals surface area contributed by atoms with Gasteiger partial charge in [0.1, 0.15) is 5.72 Å². The lowest BCUT2D eigenvalue weighted by Crippen LogP contribution is -2.63. The summed E-state index contributed by atoms with van der Waals surface area (Å²) >= 11 is 0. The highest BCUT2D eigenvalue weighted by molar-refractivity contribution is 4.96. The molecule has 0 aromatic heterocycles. The molecule has 0 aromatic rings. The number of fused-ring (bicyclic) bond motifs is 1. The molecular formula is C11H19NO. The van der Waals surface area contributed by atoms with Crippen molar-refractivity contribution in [3.63, 3.8) is 0 Å². The Hall–Kier alpha value is -0.0800. The summed E-state index contributed by atoms with van der Waals surface area (Å²) in [6.07, 6.45) is 9.45. The molecule has 0 radical (unpaired) electrons. The number of rotatable bonds is 0. The topological polar surface area (TPSA) is 21.3 Å². The average Bonchev–Trinajstić information content (AvgIpc) is 2.15. The van der Waals surface area contributed by atoms with Crippen molar-refractivity contribution in [2.75, 3.05) is 6.61 Å². The first-order chi connectivity index (χ1) is 6.38. The van der Waals surface area contributed by atoms with Crippen LogP contribution in [0.4, 0.5) is 0 Å². The molecule has 3 fully saturated rings. The van der Waals surface area contributed by atoms with Gasteiger partial charge in [-0.3, -0.25) is 5.32 Å². The van der Waals surface area contributed by atoms with Crippen LogP contribution in [0.1, 0.15) is 44.9 Å². The predicted octanol–water partition coefficient (Wildman–Crippen LogP) is 2.05. The second kappa shape index (κ2) is 2.96. The highest BCUT2D eigenvalue weighted by Gasteiger charge is 2.45. The van der Waals surface area contributed by atoms with Gasteiger partial charge in [-0.25, -0.2) is 0 Å². The third-order valence-electron chi connectivity index (χ3n) is 4.09. The summed E-state index contributed by atoms with van der Waals surface area (Å²) in [6, 6.07) is 0.780. The van der Waals surface area contributed by atoms with Crippen molar-refractivity contribution in [3.8, 4) is 0 Å². The van der Waals surface area contributed by atoms with Gasteiger partial charge in [0.25, 0.3) is 0 Å². The molecule has 2 unspecified atom stereocenters. The fourth-order valence-corrected chi connectivity index (χ4v) is 3.03. The van der Waals surface area contributed by atoms with Crippen LogP contribution in [0.25, 0.3) is 0 Å². The third-order valence-corrected chi connectivity index (χ3v) is 4.09. The van der Waals surface area contributed by atoms with E-state index >= 15 is 0 Å². The van der Waals surface area contributed by atoms with Gasteiger partial charge in [-0.05, 0) is 38.0 Å². The summed E-state index contributed by atoms with van der Waals surface area (Å²) < 4.78 is 5.96. The Labute approximate surface area is 80.0 Å². The van der Waals surface area contributed by atoms with Gasteiger partial charge in [0.05, 0.1) is 6.61 Å². The Morgan fingerprint density at radius 2 is 1.92 bits per heavy atom. The molecule has 2 atom stereocenters. The predicted molar refractivity (Wildman–Crippen MR) is 51.4 cm³/mol. The quantitative estimate of drug-likeness (QED) is 0.617. The van der Waals surface area contributed by atoms with E-state index in [0.717, 1.165) is 18.6 Å². The van der Waals surface area contributed by atoms with Gasteiger partial charge in [0, 0.05) is 6.04 Å². The first-order valence-corrected chi connectivity index (χ1v) is 5.80. The van der Waals surface area contributed by atoms with E-state index in [9.17, 15) is 0 Å². The SMILES string of the molecule is C1CCC2NC3(CCC3)OCC2C1. The van der Waals surface area contributed by atoms with Crippen molar-refractivity contribution in [3.05, 3.63) is 0 Å². The van der Waals surface area contributed by atoms with Crippen molar-refractivity contribution >= 4 is 0 Å². The second-order valence-corrected chi connectivity index (χ2v) is 4.95. The molecule has 1 spiro atoms. The van der Waals surface area contributed by atoms with E-state index < -0.39 is 0 Å². The molecule has 0 bridgehead atoms. The monoisotopic (exact) mass is 181 g/mol. The molecule has 1 N–H and O–H groups in total. The van der Waals surface area contributed by atoms with E-state index in [-0.39, 0.29) is 5.72 Å². The molecule has 0 amide bonds. The summed E-state index contributed by atoms with van der Waals surface area (Å²) in [5.41, 5.74) is 0.137. The molecule has 2 heteroatoms. The Balaban J connectivity index is 1.69. The van der Waals surface area contributed by atoms with Gasteiger partial charge in [-0.15, -0.1) is 0 Å².